The first-order valence-electron chi connectivity index (χ1n) is 7.69. The van der Waals surface area contributed by atoms with Gasteiger partial charge in [-0.2, -0.15) is 0 Å². The largest absolute Gasteiger partial charge is 0.493 e. The van der Waals surface area contributed by atoms with Crippen molar-refractivity contribution in [2.75, 3.05) is 19.5 Å². The lowest BCUT2D eigenvalue weighted by atomic mass is 10.2. The maximum atomic E-state index is 12.0. The molecule has 0 aliphatic heterocycles. The molecule has 0 aliphatic carbocycles. The normalized spacial score (nSPS) is 10.2. The summed E-state index contributed by atoms with van der Waals surface area (Å²) in [5.74, 6) is 1.26. The highest BCUT2D eigenvalue weighted by Crippen LogP contribution is 2.29. The van der Waals surface area contributed by atoms with Crippen molar-refractivity contribution in [3.63, 3.8) is 0 Å². The van der Waals surface area contributed by atoms with Gasteiger partial charge in [-0.1, -0.05) is 6.07 Å². The number of carbonyl (C=O) groups is 1. The molecule has 23 heavy (non-hydrogen) atoms. The Labute approximate surface area is 136 Å². The van der Waals surface area contributed by atoms with E-state index in [2.05, 4.69) is 9.88 Å². The number of ether oxygens (including phenoxy) is 2. The topological polar surface area (TPSA) is 51.4 Å². The molecule has 0 unspecified atom stereocenters. The number of anilines is 1. The number of nitrogens with one attached hydrogen (secondary N) is 1. The van der Waals surface area contributed by atoms with Crippen molar-refractivity contribution in [3.8, 4) is 11.5 Å². The number of benzene rings is 1. The summed E-state index contributed by atoms with van der Waals surface area (Å²) in [5, 5.41) is 2.89. The average molecular weight is 315 g/mol. The van der Waals surface area contributed by atoms with Gasteiger partial charge in [0, 0.05) is 36.7 Å². The molecular formula is C18H23N2O3+. The van der Waals surface area contributed by atoms with Gasteiger partial charge in [-0.05, 0) is 18.6 Å². The van der Waals surface area contributed by atoms with E-state index < -0.39 is 0 Å². The number of carbonyl (C=O) groups excluding carboxylic acids is 1. The van der Waals surface area contributed by atoms with Crippen molar-refractivity contribution in [1.82, 2.24) is 0 Å². The summed E-state index contributed by atoms with van der Waals surface area (Å²) in [7, 11) is 3.16. The molecule has 0 atom stereocenters. The van der Waals surface area contributed by atoms with Crippen molar-refractivity contribution in [1.29, 1.82) is 0 Å². The summed E-state index contributed by atoms with van der Waals surface area (Å²) in [5.41, 5.74) is 0.713. The lowest BCUT2D eigenvalue weighted by Gasteiger charge is -2.10. The fourth-order valence-electron chi connectivity index (χ4n) is 2.30. The summed E-state index contributed by atoms with van der Waals surface area (Å²) in [6, 6.07) is 11.3. The van der Waals surface area contributed by atoms with Crippen LogP contribution in [0.25, 0.3) is 0 Å². The lowest BCUT2D eigenvalue weighted by Crippen LogP contribution is -2.32. The number of hydrogen-bond donors (Lipinski definition) is 1. The first-order chi connectivity index (χ1) is 11.2. The van der Waals surface area contributed by atoms with Gasteiger partial charge in [0.1, 0.15) is 6.54 Å². The van der Waals surface area contributed by atoms with Crippen molar-refractivity contribution in [3.05, 3.63) is 48.8 Å². The van der Waals surface area contributed by atoms with E-state index >= 15 is 0 Å². The van der Waals surface area contributed by atoms with E-state index in [4.69, 9.17) is 9.47 Å². The highest BCUT2D eigenvalue weighted by molar-refractivity contribution is 5.91. The van der Waals surface area contributed by atoms with E-state index in [1.807, 2.05) is 30.6 Å². The number of aryl methyl sites for hydroxylation is 1. The molecule has 2 aromatic rings. The van der Waals surface area contributed by atoms with E-state index in [-0.39, 0.29) is 5.91 Å². The van der Waals surface area contributed by atoms with Crippen molar-refractivity contribution in [2.45, 2.75) is 25.8 Å². The predicted molar refractivity (Wildman–Crippen MR) is 88.7 cm³/mol. The van der Waals surface area contributed by atoms with Crippen LogP contribution < -0.4 is 19.4 Å². The second-order valence-corrected chi connectivity index (χ2v) is 5.19. The minimum absolute atomic E-state index is 0.00952. The summed E-state index contributed by atoms with van der Waals surface area (Å²) < 4.78 is 12.5. The summed E-state index contributed by atoms with van der Waals surface area (Å²) >= 11 is 0. The van der Waals surface area contributed by atoms with Crippen LogP contribution in [0, 0.1) is 0 Å². The van der Waals surface area contributed by atoms with Gasteiger partial charge in [0.25, 0.3) is 0 Å². The van der Waals surface area contributed by atoms with Gasteiger partial charge in [-0.3, -0.25) is 4.79 Å². The van der Waals surface area contributed by atoms with Crippen LogP contribution in [-0.2, 0) is 11.3 Å². The number of aromatic nitrogens is 1. The van der Waals surface area contributed by atoms with Crippen LogP contribution in [0.15, 0.2) is 48.8 Å². The van der Waals surface area contributed by atoms with Crippen LogP contribution in [0.4, 0.5) is 5.69 Å². The molecule has 0 aliphatic rings. The molecule has 1 aromatic heterocycles. The highest BCUT2D eigenvalue weighted by atomic mass is 16.5. The quantitative estimate of drug-likeness (QED) is 0.602. The highest BCUT2D eigenvalue weighted by Gasteiger charge is 2.08. The van der Waals surface area contributed by atoms with Gasteiger partial charge >= 0.3 is 0 Å². The Kier molecular flexibility index (Phi) is 6.41. The van der Waals surface area contributed by atoms with Gasteiger partial charge in [-0.25, -0.2) is 4.57 Å². The van der Waals surface area contributed by atoms with Crippen LogP contribution in [-0.4, -0.2) is 20.1 Å². The molecule has 5 nitrogen and oxygen atoms in total. The van der Waals surface area contributed by atoms with Crippen LogP contribution >= 0.6 is 0 Å². The van der Waals surface area contributed by atoms with E-state index in [1.165, 1.54) is 0 Å². The second-order valence-electron chi connectivity index (χ2n) is 5.19. The van der Waals surface area contributed by atoms with Crippen molar-refractivity contribution < 1.29 is 18.8 Å². The maximum Gasteiger partial charge on any atom is 0.224 e. The van der Waals surface area contributed by atoms with E-state index in [1.54, 1.807) is 32.4 Å². The summed E-state index contributed by atoms with van der Waals surface area (Å²) in [4.78, 5) is 12.0. The Balaban J connectivity index is 1.76. The van der Waals surface area contributed by atoms with E-state index in [0.29, 0.717) is 23.6 Å². The fourth-order valence-corrected chi connectivity index (χ4v) is 2.30. The maximum absolute atomic E-state index is 12.0. The molecule has 122 valence electrons. The van der Waals surface area contributed by atoms with Gasteiger partial charge in [0.15, 0.2) is 23.9 Å². The van der Waals surface area contributed by atoms with Crippen LogP contribution in [0.2, 0.25) is 0 Å². The smallest absolute Gasteiger partial charge is 0.224 e. The molecule has 1 aromatic carbocycles. The number of unbranched alkanes of at least 4 members (excludes halogenated alkanes) is 1. The molecule has 0 spiro atoms. The first kappa shape index (κ1) is 16.8. The molecule has 2 rings (SSSR count). The third-order valence-corrected chi connectivity index (χ3v) is 3.51. The van der Waals surface area contributed by atoms with Crippen LogP contribution in [0.1, 0.15) is 19.3 Å². The second kappa shape index (κ2) is 8.78. The molecule has 0 radical (unpaired) electrons. The third kappa shape index (κ3) is 5.29. The zero-order chi connectivity index (χ0) is 16.5. The number of rotatable bonds is 8. The van der Waals surface area contributed by atoms with E-state index in [0.717, 1.165) is 19.4 Å². The zero-order valence-corrected chi connectivity index (χ0v) is 13.6. The molecule has 0 bridgehead atoms. The number of hydrogen-bond acceptors (Lipinski definition) is 3. The molecular weight excluding hydrogens is 292 g/mol. The summed E-state index contributed by atoms with van der Waals surface area (Å²) in [6.45, 7) is 0.921. The molecule has 0 fully saturated rings. The van der Waals surface area contributed by atoms with Crippen LogP contribution in [0.5, 0.6) is 11.5 Å². The predicted octanol–water partition coefficient (Wildman–Crippen LogP) is 2.80. The number of pyridine rings is 1. The molecule has 0 saturated carbocycles. The molecule has 1 N–H and O–H groups in total. The number of methoxy groups -OCH3 is 2. The molecule has 1 amide bonds. The standard InChI is InChI=1S/C18H22N2O3/c1-22-16-10-9-15(14-17(16)23-2)19-18(21)8-4-7-13-20-11-5-3-6-12-20/h3,5-6,9-12,14H,4,7-8,13H2,1-2H3/p+1. The molecule has 1 heterocycles. The number of amides is 1. The van der Waals surface area contributed by atoms with Gasteiger partial charge in [-0.15, -0.1) is 0 Å². The SMILES string of the molecule is COc1ccc(NC(=O)CCCC[n+]2ccccc2)cc1OC. The minimum Gasteiger partial charge on any atom is -0.493 e. The van der Waals surface area contributed by atoms with Crippen molar-refractivity contribution in [2.24, 2.45) is 0 Å². The Morgan fingerprint density at radius 1 is 1.04 bits per heavy atom. The Bertz CT molecular complexity index is 629. The molecule has 0 saturated heterocycles. The Morgan fingerprint density at radius 2 is 1.78 bits per heavy atom. The lowest BCUT2D eigenvalue weighted by molar-refractivity contribution is -0.697. The van der Waals surface area contributed by atoms with Gasteiger partial charge in [0.2, 0.25) is 5.91 Å². The monoisotopic (exact) mass is 315 g/mol. The number of nitrogens with zero attached hydrogens (tertiary/aromatic N) is 1. The fraction of sp³-hybridized carbons (Fsp3) is 0.333. The minimum atomic E-state index is 0.00952. The average Bonchev–Trinajstić information content (AvgIpc) is 2.59. The first-order valence-corrected chi connectivity index (χ1v) is 7.69. The third-order valence-electron chi connectivity index (χ3n) is 3.51. The zero-order valence-electron chi connectivity index (χ0n) is 13.6. The summed E-state index contributed by atoms with van der Waals surface area (Å²) in [6.07, 6.45) is 6.38. The van der Waals surface area contributed by atoms with Crippen molar-refractivity contribution >= 4 is 11.6 Å². The van der Waals surface area contributed by atoms with Gasteiger partial charge in [0.05, 0.1) is 14.2 Å². The Hall–Kier alpha value is -2.56. The Morgan fingerprint density at radius 3 is 2.48 bits per heavy atom. The van der Waals surface area contributed by atoms with E-state index in [9.17, 15) is 4.79 Å². The van der Waals surface area contributed by atoms with Gasteiger partial charge < -0.3 is 14.8 Å². The molecule has 5 heteroatoms. The van der Waals surface area contributed by atoms with Crippen LogP contribution in [0.3, 0.4) is 0 Å².